The van der Waals surface area contributed by atoms with E-state index in [1.165, 1.54) is 6.21 Å². The third-order valence-electron chi connectivity index (χ3n) is 3.97. The summed E-state index contributed by atoms with van der Waals surface area (Å²) in [6.07, 6.45) is 3.40. The van der Waals surface area contributed by atoms with Crippen LogP contribution in [-0.2, 0) is 0 Å². The molecular formula is C19H20N4O3. The molecule has 134 valence electrons. The molecule has 0 aliphatic rings. The molecule has 0 fully saturated rings. The van der Waals surface area contributed by atoms with Crippen LogP contribution in [0.2, 0.25) is 0 Å². The van der Waals surface area contributed by atoms with Crippen LogP contribution in [0.25, 0.3) is 5.65 Å². The number of rotatable bonds is 5. The number of ether oxygens (including phenoxy) is 2. The topological polar surface area (TPSA) is 77.2 Å². The van der Waals surface area contributed by atoms with Crippen molar-refractivity contribution in [3.63, 3.8) is 0 Å². The smallest absolute Gasteiger partial charge is 0.290 e. The number of imidazole rings is 1. The highest BCUT2D eigenvalue weighted by Gasteiger charge is 2.16. The molecule has 0 aliphatic carbocycles. The maximum absolute atomic E-state index is 12.6. The van der Waals surface area contributed by atoms with E-state index >= 15 is 0 Å². The Hall–Kier alpha value is -3.35. The Morgan fingerprint density at radius 2 is 2.00 bits per heavy atom. The predicted molar refractivity (Wildman–Crippen MR) is 99.3 cm³/mol. The number of carbonyl (C=O) groups excluding carboxylic acids is 1. The monoisotopic (exact) mass is 352 g/mol. The summed E-state index contributed by atoms with van der Waals surface area (Å²) >= 11 is 0. The number of hydrogen-bond acceptors (Lipinski definition) is 5. The van der Waals surface area contributed by atoms with Gasteiger partial charge < -0.3 is 9.47 Å². The molecule has 2 heterocycles. The number of hydrazone groups is 1. The molecule has 0 saturated carbocycles. The van der Waals surface area contributed by atoms with Gasteiger partial charge in [-0.2, -0.15) is 5.10 Å². The first kappa shape index (κ1) is 17.5. The van der Waals surface area contributed by atoms with Crippen LogP contribution >= 0.6 is 0 Å². The first-order valence-electron chi connectivity index (χ1n) is 8.04. The fraction of sp³-hybridized carbons (Fsp3) is 0.211. The van der Waals surface area contributed by atoms with Crippen molar-refractivity contribution in [1.29, 1.82) is 0 Å². The molecule has 1 amide bonds. The van der Waals surface area contributed by atoms with E-state index < -0.39 is 0 Å². The van der Waals surface area contributed by atoms with E-state index in [-0.39, 0.29) is 5.91 Å². The van der Waals surface area contributed by atoms with E-state index in [9.17, 15) is 4.79 Å². The molecule has 0 bridgehead atoms. The summed E-state index contributed by atoms with van der Waals surface area (Å²) in [5.41, 5.74) is 6.13. The summed E-state index contributed by atoms with van der Waals surface area (Å²) in [4.78, 5) is 17.0. The Balaban J connectivity index is 1.82. The lowest BCUT2D eigenvalue weighted by molar-refractivity contribution is 0.0948. The summed E-state index contributed by atoms with van der Waals surface area (Å²) in [6.45, 7) is 3.76. The van der Waals surface area contributed by atoms with Crippen molar-refractivity contribution in [3.05, 3.63) is 59.0 Å². The summed E-state index contributed by atoms with van der Waals surface area (Å²) < 4.78 is 12.2. The lowest BCUT2D eigenvalue weighted by atomic mass is 10.2. The molecule has 0 aliphatic heterocycles. The maximum Gasteiger partial charge on any atom is 0.290 e. The van der Waals surface area contributed by atoms with Crippen LogP contribution in [0.4, 0.5) is 0 Å². The van der Waals surface area contributed by atoms with Crippen molar-refractivity contribution in [3.8, 4) is 11.5 Å². The molecule has 0 saturated heterocycles. The highest BCUT2D eigenvalue weighted by atomic mass is 16.5. The van der Waals surface area contributed by atoms with Crippen molar-refractivity contribution in [2.45, 2.75) is 13.8 Å². The Labute approximate surface area is 151 Å². The van der Waals surface area contributed by atoms with Crippen molar-refractivity contribution in [2.24, 2.45) is 5.10 Å². The van der Waals surface area contributed by atoms with E-state index in [2.05, 4.69) is 15.5 Å². The van der Waals surface area contributed by atoms with Crippen LogP contribution in [-0.4, -0.2) is 35.7 Å². The minimum Gasteiger partial charge on any atom is -0.497 e. The fourth-order valence-electron chi connectivity index (χ4n) is 2.68. The van der Waals surface area contributed by atoms with Crippen LogP contribution in [0.15, 0.2) is 41.6 Å². The Kier molecular flexibility index (Phi) is 4.88. The van der Waals surface area contributed by atoms with Crippen LogP contribution in [0, 0.1) is 13.8 Å². The number of amides is 1. The average Bonchev–Trinajstić information content (AvgIpc) is 2.96. The first-order valence-corrected chi connectivity index (χ1v) is 8.04. The van der Waals surface area contributed by atoms with Gasteiger partial charge in [-0.05, 0) is 37.6 Å². The molecule has 1 N–H and O–H groups in total. The van der Waals surface area contributed by atoms with Crippen LogP contribution in [0.1, 0.15) is 27.3 Å². The Morgan fingerprint density at radius 1 is 1.19 bits per heavy atom. The molecular weight excluding hydrogens is 332 g/mol. The number of pyridine rings is 1. The molecule has 0 spiro atoms. The van der Waals surface area contributed by atoms with Gasteiger partial charge >= 0.3 is 0 Å². The first-order chi connectivity index (χ1) is 12.5. The molecule has 7 nitrogen and oxygen atoms in total. The zero-order valence-electron chi connectivity index (χ0n) is 15.1. The lowest BCUT2D eigenvalue weighted by Crippen LogP contribution is -2.20. The molecule has 3 rings (SSSR count). The van der Waals surface area contributed by atoms with Gasteiger partial charge in [-0.3, -0.25) is 9.20 Å². The number of aryl methyl sites for hydroxylation is 2. The Bertz CT molecular complexity index is 992. The SMILES string of the molecule is COc1ccc(/C=N\NC(=O)c2c(C)nc3ccc(C)cn23)c(OC)c1. The minimum atomic E-state index is -0.329. The average molecular weight is 352 g/mol. The van der Waals surface area contributed by atoms with E-state index in [0.29, 0.717) is 22.9 Å². The number of nitrogens with zero attached hydrogens (tertiary/aromatic N) is 3. The van der Waals surface area contributed by atoms with Crippen molar-refractivity contribution >= 4 is 17.8 Å². The van der Waals surface area contributed by atoms with Crippen molar-refractivity contribution in [2.75, 3.05) is 14.2 Å². The van der Waals surface area contributed by atoms with Gasteiger partial charge in [0.15, 0.2) is 0 Å². The largest absolute Gasteiger partial charge is 0.497 e. The second-order valence-corrected chi connectivity index (χ2v) is 5.79. The quantitative estimate of drug-likeness (QED) is 0.566. The van der Waals surface area contributed by atoms with Gasteiger partial charge in [0.05, 0.1) is 26.1 Å². The van der Waals surface area contributed by atoms with Gasteiger partial charge in [0.2, 0.25) is 0 Å². The molecule has 3 aromatic rings. The van der Waals surface area contributed by atoms with Gasteiger partial charge in [-0.25, -0.2) is 10.4 Å². The number of nitrogens with one attached hydrogen (secondary N) is 1. The van der Waals surface area contributed by atoms with Crippen LogP contribution in [0.3, 0.4) is 0 Å². The van der Waals surface area contributed by atoms with Crippen LogP contribution in [0.5, 0.6) is 11.5 Å². The highest BCUT2D eigenvalue weighted by molar-refractivity contribution is 5.95. The number of methoxy groups -OCH3 is 2. The number of fused-ring (bicyclic) bond motifs is 1. The van der Waals surface area contributed by atoms with Gasteiger partial charge in [-0.1, -0.05) is 6.07 Å². The van der Waals surface area contributed by atoms with E-state index in [4.69, 9.17) is 9.47 Å². The number of aromatic nitrogens is 2. The molecule has 26 heavy (non-hydrogen) atoms. The van der Waals surface area contributed by atoms with E-state index in [1.807, 2.05) is 25.3 Å². The maximum atomic E-state index is 12.6. The number of benzene rings is 1. The highest BCUT2D eigenvalue weighted by Crippen LogP contribution is 2.23. The summed E-state index contributed by atoms with van der Waals surface area (Å²) in [6, 6.07) is 9.18. The molecule has 0 atom stereocenters. The summed E-state index contributed by atoms with van der Waals surface area (Å²) in [5.74, 6) is 0.952. The second kappa shape index (κ2) is 7.26. The van der Waals surface area contributed by atoms with E-state index in [1.54, 1.807) is 43.7 Å². The number of carbonyl (C=O) groups is 1. The molecule has 1 aromatic carbocycles. The van der Waals surface area contributed by atoms with Gasteiger partial charge in [0.25, 0.3) is 5.91 Å². The zero-order chi connectivity index (χ0) is 18.7. The standard InChI is InChI=1S/C19H20N4O3/c1-12-5-8-17-21-13(2)18(23(17)11-12)19(24)22-20-10-14-6-7-15(25-3)9-16(14)26-4/h5-11H,1-4H3,(H,22,24)/b20-10-. The van der Waals surface area contributed by atoms with Gasteiger partial charge in [0, 0.05) is 17.8 Å². The van der Waals surface area contributed by atoms with Crippen LogP contribution < -0.4 is 14.9 Å². The van der Waals surface area contributed by atoms with E-state index in [0.717, 1.165) is 16.8 Å². The second-order valence-electron chi connectivity index (χ2n) is 5.79. The fourth-order valence-corrected chi connectivity index (χ4v) is 2.68. The number of hydrogen-bond donors (Lipinski definition) is 1. The summed E-state index contributed by atoms with van der Waals surface area (Å²) in [5, 5.41) is 4.05. The lowest BCUT2D eigenvalue weighted by Gasteiger charge is -2.07. The van der Waals surface area contributed by atoms with Crippen molar-refractivity contribution in [1.82, 2.24) is 14.8 Å². The minimum absolute atomic E-state index is 0.329. The third-order valence-corrected chi connectivity index (χ3v) is 3.97. The van der Waals surface area contributed by atoms with Gasteiger partial charge in [0.1, 0.15) is 22.8 Å². The third kappa shape index (κ3) is 3.37. The predicted octanol–water partition coefficient (Wildman–Crippen LogP) is 2.73. The molecule has 7 heteroatoms. The van der Waals surface area contributed by atoms with Crippen molar-refractivity contribution < 1.29 is 14.3 Å². The van der Waals surface area contributed by atoms with Gasteiger partial charge in [-0.15, -0.1) is 0 Å². The molecule has 0 unspecified atom stereocenters. The Morgan fingerprint density at radius 3 is 2.73 bits per heavy atom. The molecule has 0 radical (unpaired) electrons. The summed E-state index contributed by atoms with van der Waals surface area (Å²) in [7, 11) is 3.15. The normalized spacial score (nSPS) is 11.1. The molecule has 2 aromatic heterocycles. The zero-order valence-corrected chi connectivity index (χ0v) is 15.1.